The van der Waals surface area contributed by atoms with Crippen LogP contribution in [0.1, 0.15) is 15.9 Å². The zero-order valence-electron chi connectivity index (χ0n) is 11.3. The molecule has 1 aliphatic rings. The Bertz CT molecular complexity index is 682. The van der Waals surface area contributed by atoms with E-state index in [1.165, 1.54) is 17.0 Å². The smallest absolute Gasteiger partial charge is 0.265 e. The highest BCUT2D eigenvalue weighted by molar-refractivity contribution is 6.08. The van der Waals surface area contributed by atoms with Crippen molar-refractivity contribution in [3.05, 3.63) is 59.4 Å². The molecule has 21 heavy (non-hydrogen) atoms. The summed E-state index contributed by atoms with van der Waals surface area (Å²) in [6, 6.07) is 11.0. The van der Waals surface area contributed by atoms with Crippen LogP contribution in [-0.4, -0.2) is 23.6 Å². The number of phenols is 1. The van der Waals surface area contributed by atoms with E-state index in [0.29, 0.717) is 18.7 Å². The molecule has 0 saturated carbocycles. The van der Waals surface area contributed by atoms with Crippen molar-refractivity contribution in [2.24, 2.45) is 5.73 Å². The molecule has 4 nitrogen and oxygen atoms in total. The molecule has 1 aliphatic heterocycles. The lowest BCUT2D eigenvalue weighted by molar-refractivity contribution is 0.0976. The maximum absolute atomic E-state index is 13.9. The number of aromatic hydroxyl groups is 1. The van der Waals surface area contributed by atoms with Gasteiger partial charge >= 0.3 is 0 Å². The van der Waals surface area contributed by atoms with Crippen molar-refractivity contribution in [3.63, 3.8) is 0 Å². The molecule has 0 spiro atoms. The first-order valence-corrected chi connectivity index (χ1v) is 6.70. The summed E-state index contributed by atoms with van der Waals surface area (Å²) >= 11 is 0. The van der Waals surface area contributed by atoms with Gasteiger partial charge in [-0.1, -0.05) is 24.3 Å². The summed E-state index contributed by atoms with van der Waals surface area (Å²) in [6.45, 7) is 0.295. The van der Waals surface area contributed by atoms with Gasteiger partial charge in [-0.15, -0.1) is 0 Å². The van der Waals surface area contributed by atoms with E-state index < -0.39 is 11.7 Å². The highest BCUT2D eigenvalue weighted by atomic mass is 19.1. The molecule has 5 heteroatoms. The topological polar surface area (TPSA) is 66.6 Å². The van der Waals surface area contributed by atoms with Crippen molar-refractivity contribution in [2.45, 2.75) is 12.5 Å². The second-order valence-corrected chi connectivity index (χ2v) is 5.14. The molecule has 0 aromatic heterocycles. The van der Waals surface area contributed by atoms with E-state index in [2.05, 4.69) is 0 Å². The van der Waals surface area contributed by atoms with Crippen molar-refractivity contribution < 1.29 is 14.3 Å². The van der Waals surface area contributed by atoms with Gasteiger partial charge in [-0.05, 0) is 30.2 Å². The number of nitrogens with zero attached hydrogens (tertiary/aromatic N) is 1. The van der Waals surface area contributed by atoms with E-state index in [-0.39, 0.29) is 17.4 Å². The minimum Gasteiger partial charge on any atom is -0.507 e. The van der Waals surface area contributed by atoms with Crippen LogP contribution in [-0.2, 0) is 6.42 Å². The normalized spacial score (nSPS) is 17.4. The summed E-state index contributed by atoms with van der Waals surface area (Å²) in [5, 5.41) is 9.79. The Labute approximate surface area is 121 Å². The molecular weight excluding hydrogens is 271 g/mol. The summed E-state index contributed by atoms with van der Waals surface area (Å²) in [6.07, 6.45) is 0.670. The zero-order chi connectivity index (χ0) is 15.0. The molecule has 3 N–H and O–H groups in total. The summed E-state index contributed by atoms with van der Waals surface area (Å²) in [4.78, 5) is 14.1. The van der Waals surface area contributed by atoms with Crippen molar-refractivity contribution >= 4 is 11.6 Å². The van der Waals surface area contributed by atoms with Crippen LogP contribution >= 0.6 is 0 Å². The second-order valence-electron chi connectivity index (χ2n) is 5.14. The number of halogens is 1. The molecule has 0 fully saturated rings. The number of phenolic OH excluding ortho intramolecular Hbond substituents is 1. The molecule has 2 aromatic carbocycles. The lowest BCUT2D eigenvalue weighted by Gasteiger charge is -2.33. The molecule has 3 rings (SSSR count). The van der Waals surface area contributed by atoms with Crippen LogP contribution in [0.15, 0.2) is 42.5 Å². The van der Waals surface area contributed by atoms with Crippen LogP contribution in [0.3, 0.4) is 0 Å². The van der Waals surface area contributed by atoms with Crippen molar-refractivity contribution in [3.8, 4) is 5.75 Å². The van der Waals surface area contributed by atoms with Gasteiger partial charge in [0, 0.05) is 18.3 Å². The van der Waals surface area contributed by atoms with Crippen LogP contribution in [0.4, 0.5) is 10.1 Å². The van der Waals surface area contributed by atoms with Crippen LogP contribution < -0.4 is 10.6 Å². The van der Waals surface area contributed by atoms with Gasteiger partial charge < -0.3 is 15.7 Å². The lowest BCUT2D eigenvalue weighted by Crippen LogP contribution is -2.46. The van der Waals surface area contributed by atoms with Crippen LogP contribution in [0.2, 0.25) is 0 Å². The first-order valence-electron chi connectivity index (χ1n) is 6.70. The van der Waals surface area contributed by atoms with E-state index in [4.69, 9.17) is 5.73 Å². The highest BCUT2D eigenvalue weighted by Gasteiger charge is 2.30. The largest absolute Gasteiger partial charge is 0.507 e. The summed E-state index contributed by atoms with van der Waals surface area (Å²) in [5.74, 6) is -1.68. The molecule has 1 amide bonds. The second kappa shape index (κ2) is 5.18. The minimum absolute atomic E-state index is 0.210. The summed E-state index contributed by atoms with van der Waals surface area (Å²) in [7, 11) is 0. The van der Waals surface area contributed by atoms with Gasteiger partial charge in [0.15, 0.2) is 0 Å². The quantitative estimate of drug-likeness (QED) is 0.843. The van der Waals surface area contributed by atoms with Crippen LogP contribution in [0.25, 0.3) is 0 Å². The lowest BCUT2D eigenvalue weighted by atomic mass is 9.97. The number of anilines is 1. The maximum atomic E-state index is 13.9. The fourth-order valence-corrected chi connectivity index (χ4v) is 2.68. The number of rotatable bonds is 1. The molecule has 1 heterocycles. The van der Waals surface area contributed by atoms with Gasteiger partial charge in [0.1, 0.15) is 17.1 Å². The predicted octanol–water partition coefficient (Wildman–Crippen LogP) is 2.06. The van der Waals surface area contributed by atoms with Crippen molar-refractivity contribution in [1.29, 1.82) is 0 Å². The summed E-state index contributed by atoms with van der Waals surface area (Å²) in [5.41, 5.74) is 7.32. The Morgan fingerprint density at radius 3 is 2.76 bits per heavy atom. The molecule has 1 atom stereocenters. The van der Waals surface area contributed by atoms with Gasteiger partial charge in [-0.3, -0.25) is 4.79 Å². The molecular formula is C16H15FN2O2. The minimum atomic E-state index is -0.739. The molecule has 0 radical (unpaired) electrons. The van der Waals surface area contributed by atoms with E-state index >= 15 is 0 Å². The Morgan fingerprint density at radius 2 is 2.00 bits per heavy atom. The van der Waals surface area contributed by atoms with Gasteiger partial charge in [0.05, 0.1) is 0 Å². The monoisotopic (exact) mass is 286 g/mol. The zero-order valence-corrected chi connectivity index (χ0v) is 11.3. The number of benzene rings is 2. The van der Waals surface area contributed by atoms with Gasteiger partial charge in [-0.25, -0.2) is 4.39 Å². The highest BCUT2D eigenvalue weighted by Crippen LogP contribution is 2.30. The first-order chi connectivity index (χ1) is 10.1. The predicted molar refractivity (Wildman–Crippen MR) is 77.9 cm³/mol. The number of amides is 1. The number of carbonyl (C=O) groups is 1. The van der Waals surface area contributed by atoms with Crippen LogP contribution in [0, 0.1) is 5.82 Å². The van der Waals surface area contributed by atoms with E-state index in [1.807, 2.05) is 18.2 Å². The number of nitrogens with two attached hydrogens (primary N) is 1. The fraction of sp³-hybridized carbons (Fsp3) is 0.188. The van der Waals surface area contributed by atoms with Gasteiger partial charge in [0.25, 0.3) is 5.91 Å². The number of hydrogen-bond donors (Lipinski definition) is 2. The standard InChI is InChI=1S/C16H15FN2O2/c17-12-5-3-7-14(20)15(12)16(21)19-9-11(18)8-10-4-1-2-6-13(10)19/h1-7,11,20H,8-9,18H2. The Hall–Kier alpha value is -2.40. The Morgan fingerprint density at radius 1 is 1.24 bits per heavy atom. The number of para-hydroxylation sites is 1. The third-order valence-electron chi connectivity index (χ3n) is 3.63. The number of hydrogen-bond acceptors (Lipinski definition) is 3. The molecule has 0 bridgehead atoms. The molecule has 1 unspecified atom stereocenters. The molecule has 0 saturated heterocycles. The van der Waals surface area contributed by atoms with E-state index in [0.717, 1.165) is 11.6 Å². The van der Waals surface area contributed by atoms with E-state index in [1.54, 1.807) is 6.07 Å². The average molecular weight is 286 g/mol. The van der Waals surface area contributed by atoms with Crippen LogP contribution in [0.5, 0.6) is 5.75 Å². The van der Waals surface area contributed by atoms with Crippen molar-refractivity contribution in [1.82, 2.24) is 0 Å². The average Bonchev–Trinajstić information content (AvgIpc) is 2.46. The maximum Gasteiger partial charge on any atom is 0.265 e. The van der Waals surface area contributed by atoms with Gasteiger partial charge in [-0.2, -0.15) is 0 Å². The third-order valence-corrected chi connectivity index (χ3v) is 3.63. The van der Waals surface area contributed by atoms with Crippen molar-refractivity contribution in [2.75, 3.05) is 11.4 Å². The molecule has 2 aromatic rings. The SMILES string of the molecule is NC1Cc2ccccc2N(C(=O)c2c(O)cccc2F)C1. The fourth-order valence-electron chi connectivity index (χ4n) is 2.68. The Kier molecular flexibility index (Phi) is 3.35. The Balaban J connectivity index is 2.06. The molecule has 0 aliphatic carbocycles. The van der Waals surface area contributed by atoms with Gasteiger partial charge in [0.2, 0.25) is 0 Å². The first kappa shape index (κ1) is 13.6. The van der Waals surface area contributed by atoms with E-state index in [9.17, 15) is 14.3 Å². The number of carbonyl (C=O) groups excluding carboxylic acids is 1. The number of fused-ring (bicyclic) bond motifs is 1. The third kappa shape index (κ3) is 2.36. The summed E-state index contributed by atoms with van der Waals surface area (Å²) < 4.78 is 13.9. The molecule has 108 valence electrons.